The average Bonchev–Trinajstić information content (AvgIpc) is 3.12. The Labute approximate surface area is 157 Å². The first-order chi connectivity index (χ1) is 12.0. The highest BCUT2D eigenvalue weighted by molar-refractivity contribution is 7.88. The van der Waals surface area contributed by atoms with Crippen molar-refractivity contribution in [1.29, 1.82) is 0 Å². The minimum absolute atomic E-state index is 0.0233. The molecule has 1 aromatic heterocycles. The lowest BCUT2D eigenvalue weighted by molar-refractivity contribution is 0.0173. The summed E-state index contributed by atoms with van der Waals surface area (Å²) in [5.41, 5.74) is 1.86. The summed E-state index contributed by atoms with van der Waals surface area (Å²) in [7, 11) is -3.42. The van der Waals surface area contributed by atoms with Gasteiger partial charge in [-0.25, -0.2) is 13.1 Å². The van der Waals surface area contributed by atoms with Gasteiger partial charge in [0.05, 0.1) is 19.0 Å². The third-order valence-electron chi connectivity index (χ3n) is 4.18. The van der Waals surface area contributed by atoms with Crippen molar-refractivity contribution in [3.8, 4) is 0 Å². The number of hydrogen-bond acceptors (Lipinski definition) is 5. The van der Waals surface area contributed by atoms with Crippen LogP contribution in [0.3, 0.4) is 0 Å². The third kappa shape index (κ3) is 5.51. The first-order valence-corrected chi connectivity index (χ1v) is 11.1. The molecular formula is C17H21ClN2O3S2. The Bertz CT molecular complexity index is 758. The van der Waals surface area contributed by atoms with Crippen molar-refractivity contribution in [1.82, 2.24) is 9.62 Å². The second-order valence-electron chi connectivity index (χ2n) is 5.95. The smallest absolute Gasteiger partial charge is 0.215 e. The highest BCUT2D eigenvalue weighted by Crippen LogP contribution is 2.24. The fraction of sp³-hybridized carbons (Fsp3) is 0.412. The molecule has 25 heavy (non-hydrogen) atoms. The van der Waals surface area contributed by atoms with E-state index in [1.807, 2.05) is 5.38 Å². The zero-order valence-corrected chi connectivity index (χ0v) is 16.1. The number of nitrogens with zero attached hydrogens (tertiary/aromatic N) is 1. The molecule has 2 aromatic rings. The summed E-state index contributed by atoms with van der Waals surface area (Å²) < 4.78 is 33.1. The van der Waals surface area contributed by atoms with E-state index in [0.717, 1.165) is 24.2 Å². The number of nitrogens with one attached hydrogen (secondary N) is 1. The predicted molar refractivity (Wildman–Crippen MR) is 102 cm³/mol. The molecule has 1 N–H and O–H groups in total. The normalized spacial score (nSPS) is 17.5. The van der Waals surface area contributed by atoms with Gasteiger partial charge in [-0.1, -0.05) is 23.7 Å². The third-order valence-corrected chi connectivity index (χ3v) is 6.45. The van der Waals surface area contributed by atoms with Crippen molar-refractivity contribution in [2.75, 3.05) is 32.8 Å². The molecule has 8 heteroatoms. The van der Waals surface area contributed by atoms with E-state index in [1.165, 1.54) is 0 Å². The van der Waals surface area contributed by atoms with Gasteiger partial charge in [0.25, 0.3) is 0 Å². The van der Waals surface area contributed by atoms with Gasteiger partial charge in [-0.2, -0.15) is 11.3 Å². The number of halogens is 1. The quantitative estimate of drug-likeness (QED) is 0.776. The number of ether oxygens (including phenoxy) is 1. The van der Waals surface area contributed by atoms with Gasteiger partial charge in [0, 0.05) is 30.7 Å². The second kappa shape index (κ2) is 8.62. The first kappa shape index (κ1) is 18.8. The van der Waals surface area contributed by atoms with Crippen LogP contribution in [0.15, 0.2) is 41.1 Å². The number of rotatable bonds is 7. The van der Waals surface area contributed by atoms with E-state index in [2.05, 4.69) is 21.1 Å². The molecule has 2 heterocycles. The molecule has 0 amide bonds. The van der Waals surface area contributed by atoms with Crippen LogP contribution in [0, 0.1) is 0 Å². The van der Waals surface area contributed by atoms with E-state index in [9.17, 15) is 8.42 Å². The molecule has 3 rings (SSSR count). The summed E-state index contributed by atoms with van der Waals surface area (Å²) in [6.45, 7) is 3.32. The molecular weight excluding hydrogens is 380 g/mol. The molecule has 0 bridgehead atoms. The van der Waals surface area contributed by atoms with Crippen LogP contribution in [0.25, 0.3) is 0 Å². The Kier molecular flexibility index (Phi) is 6.49. The van der Waals surface area contributed by atoms with Gasteiger partial charge in [0.1, 0.15) is 0 Å². The van der Waals surface area contributed by atoms with Crippen molar-refractivity contribution in [2.24, 2.45) is 0 Å². The van der Waals surface area contributed by atoms with E-state index in [4.69, 9.17) is 16.3 Å². The molecule has 1 unspecified atom stereocenters. The topological polar surface area (TPSA) is 58.6 Å². The molecule has 0 spiro atoms. The molecule has 1 aromatic carbocycles. The fourth-order valence-electron chi connectivity index (χ4n) is 2.87. The SMILES string of the molecule is O=S(=O)(Cc1ccc(Cl)cc1)NCC(c1ccsc1)N1CCOCC1. The summed E-state index contributed by atoms with van der Waals surface area (Å²) in [5.74, 6) is -0.0519. The minimum atomic E-state index is -3.42. The van der Waals surface area contributed by atoms with Gasteiger partial charge in [-0.3, -0.25) is 4.90 Å². The number of sulfonamides is 1. The first-order valence-electron chi connectivity index (χ1n) is 8.09. The maximum Gasteiger partial charge on any atom is 0.215 e. The summed E-state index contributed by atoms with van der Waals surface area (Å²) in [4.78, 5) is 2.27. The average molecular weight is 401 g/mol. The van der Waals surface area contributed by atoms with E-state index < -0.39 is 10.0 Å². The Hall–Kier alpha value is -0.960. The van der Waals surface area contributed by atoms with Gasteiger partial charge in [0.2, 0.25) is 10.0 Å². The van der Waals surface area contributed by atoms with Crippen molar-refractivity contribution in [2.45, 2.75) is 11.8 Å². The van der Waals surface area contributed by atoms with E-state index in [0.29, 0.717) is 24.8 Å². The Morgan fingerprint density at radius 2 is 1.92 bits per heavy atom. The predicted octanol–water partition coefficient (Wildman–Crippen LogP) is 2.89. The van der Waals surface area contributed by atoms with Crippen molar-refractivity contribution in [3.63, 3.8) is 0 Å². The van der Waals surface area contributed by atoms with E-state index in [1.54, 1.807) is 35.6 Å². The van der Waals surface area contributed by atoms with Crippen LogP contribution in [-0.2, 0) is 20.5 Å². The second-order valence-corrected chi connectivity index (χ2v) is 8.98. The standard InChI is InChI=1S/C17H21ClN2O3S2/c18-16-3-1-14(2-4-16)13-25(21,22)19-11-17(15-5-10-24-12-15)20-6-8-23-9-7-20/h1-5,10,12,17,19H,6-9,11,13H2. The molecule has 136 valence electrons. The highest BCUT2D eigenvalue weighted by atomic mass is 35.5. The Balaban J connectivity index is 1.66. The fourth-order valence-corrected chi connectivity index (χ4v) is 4.85. The molecule has 1 saturated heterocycles. The molecule has 1 atom stereocenters. The highest BCUT2D eigenvalue weighted by Gasteiger charge is 2.24. The molecule has 0 radical (unpaired) electrons. The number of morpholine rings is 1. The minimum Gasteiger partial charge on any atom is -0.379 e. The molecule has 1 aliphatic rings. The maximum atomic E-state index is 12.5. The van der Waals surface area contributed by atoms with Crippen LogP contribution in [-0.4, -0.2) is 46.2 Å². The van der Waals surface area contributed by atoms with Crippen LogP contribution in [0.2, 0.25) is 5.02 Å². The molecule has 5 nitrogen and oxygen atoms in total. The number of hydrogen-bond donors (Lipinski definition) is 1. The summed E-state index contributed by atoms with van der Waals surface area (Å²) >= 11 is 7.47. The Morgan fingerprint density at radius 1 is 1.20 bits per heavy atom. The van der Waals surface area contributed by atoms with Gasteiger partial charge < -0.3 is 4.74 Å². The molecule has 1 aliphatic heterocycles. The summed E-state index contributed by atoms with van der Waals surface area (Å²) in [6, 6.07) is 8.95. The number of thiophene rings is 1. The van der Waals surface area contributed by atoms with E-state index in [-0.39, 0.29) is 11.8 Å². The molecule has 0 saturated carbocycles. The lowest BCUT2D eigenvalue weighted by Crippen LogP contribution is -2.43. The maximum absolute atomic E-state index is 12.5. The monoisotopic (exact) mass is 400 g/mol. The van der Waals surface area contributed by atoms with E-state index >= 15 is 0 Å². The summed E-state index contributed by atoms with van der Waals surface area (Å²) in [6.07, 6.45) is 0. The number of benzene rings is 1. The van der Waals surface area contributed by atoms with Crippen LogP contribution < -0.4 is 4.72 Å². The Morgan fingerprint density at radius 3 is 2.56 bits per heavy atom. The zero-order chi connectivity index (χ0) is 17.7. The van der Waals surface area contributed by atoms with Crippen LogP contribution in [0.1, 0.15) is 17.2 Å². The van der Waals surface area contributed by atoms with Gasteiger partial charge >= 0.3 is 0 Å². The summed E-state index contributed by atoms with van der Waals surface area (Å²) in [5, 5.41) is 4.69. The van der Waals surface area contributed by atoms with Crippen LogP contribution in [0.5, 0.6) is 0 Å². The van der Waals surface area contributed by atoms with Crippen molar-refractivity contribution in [3.05, 3.63) is 57.2 Å². The largest absolute Gasteiger partial charge is 0.379 e. The molecule has 0 aliphatic carbocycles. The van der Waals surface area contributed by atoms with Gasteiger partial charge in [-0.15, -0.1) is 0 Å². The van der Waals surface area contributed by atoms with Crippen molar-refractivity contribution < 1.29 is 13.2 Å². The van der Waals surface area contributed by atoms with Crippen molar-refractivity contribution >= 4 is 33.0 Å². The van der Waals surface area contributed by atoms with Crippen LogP contribution in [0.4, 0.5) is 0 Å². The zero-order valence-electron chi connectivity index (χ0n) is 13.7. The van der Waals surface area contributed by atoms with Gasteiger partial charge in [-0.05, 0) is 40.1 Å². The lowest BCUT2D eigenvalue weighted by atomic mass is 10.1. The van der Waals surface area contributed by atoms with Gasteiger partial charge in [0.15, 0.2) is 0 Å². The lowest BCUT2D eigenvalue weighted by Gasteiger charge is -2.34. The molecule has 1 fully saturated rings. The van der Waals surface area contributed by atoms with Crippen LogP contribution >= 0.6 is 22.9 Å².